The number of anilines is 2. The maximum Gasteiger partial charge on any atom is 0.199 e. The summed E-state index contributed by atoms with van der Waals surface area (Å²) < 4.78 is 7.80. The fourth-order valence-corrected chi connectivity index (χ4v) is 3.47. The van der Waals surface area contributed by atoms with E-state index >= 15 is 0 Å². The second-order valence-corrected chi connectivity index (χ2v) is 6.75. The van der Waals surface area contributed by atoms with Gasteiger partial charge in [-0.1, -0.05) is 0 Å². The molecule has 10 heteroatoms. The highest BCUT2D eigenvalue weighted by atomic mass is 79.9. The van der Waals surface area contributed by atoms with Crippen LogP contribution in [0.2, 0.25) is 0 Å². The van der Waals surface area contributed by atoms with Gasteiger partial charge in [-0.3, -0.25) is 4.90 Å². The molecule has 1 aliphatic heterocycles. The second kappa shape index (κ2) is 6.48. The van der Waals surface area contributed by atoms with Gasteiger partial charge in [0.2, 0.25) is 0 Å². The molecule has 1 aliphatic rings. The maximum atomic E-state index is 5.37. The van der Waals surface area contributed by atoms with Crippen molar-refractivity contribution in [3.63, 3.8) is 0 Å². The first kappa shape index (κ1) is 14.9. The van der Waals surface area contributed by atoms with E-state index in [0.29, 0.717) is 11.5 Å². The van der Waals surface area contributed by atoms with Crippen LogP contribution in [0.1, 0.15) is 5.69 Å². The van der Waals surface area contributed by atoms with Crippen LogP contribution in [0.5, 0.6) is 0 Å². The minimum absolute atomic E-state index is 0.637. The molecule has 3 aromatic rings. The van der Waals surface area contributed by atoms with E-state index in [2.05, 4.69) is 51.6 Å². The Morgan fingerprint density at radius 2 is 2.17 bits per heavy atom. The van der Waals surface area contributed by atoms with Gasteiger partial charge in [-0.05, 0) is 15.9 Å². The van der Waals surface area contributed by atoms with Gasteiger partial charge in [-0.2, -0.15) is 5.10 Å². The molecule has 3 aromatic heterocycles. The molecule has 0 bridgehead atoms. The van der Waals surface area contributed by atoms with Crippen LogP contribution in [0, 0.1) is 0 Å². The Labute approximate surface area is 144 Å². The number of ether oxygens (including phenoxy) is 1. The third-order valence-electron chi connectivity index (χ3n) is 3.53. The number of hydrogen-bond acceptors (Lipinski definition) is 8. The van der Waals surface area contributed by atoms with Crippen LogP contribution in [0.15, 0.2) is 22.5 Å². The summed E-state index contributed by atoms with van der Waals surface area (Å²) in [7, 11) is 0. The van der Waals surface area contributed by atoms with Crippen LogP contribution in [0.4, 0.5) is 10.9 Å². The fourth-order valence-electron chi connectivity index (χ4n) is 2.40. The number of hydrogen-bond donors (Lipinski definition) is 1. The number of nitrogens with one attached hydrogen (secondary N) is 1. The Morgan fingerprint density at radius 1 is 1.30 bits per heavy atom. The van der Waals surface area contributed by atoms with Gasteiger partial charge in [0.25, 0.3) is 0 Å². The molecule has 4 heterocycles. The minimum atomic E-state index is 0.637. The smallest absolute Gasteiger partial charge is 0.199 e. The van der Waals surface area contributed by atoms with E-state index < -0.39 is 0 Å². The molecule has 0 radical (unpaired) electrons. The van der Waals surface area contributed by atoms with E-state index in [-0.39, 0.29) is 0 Å². The van der Waals surface area contributed by atoms with E-state index in [1.807, 2.05) is 0 Å². The molecular formula is C13H14BrN7OS. The average molecular weight is 396 g/mol. The Hall–Kier alpha value is -1.62. The molecule has 0 spiro atoms. The van der Waals surface area contributed by atoms with Crippen molar-refractivity contribution in [2.75, 3.05) is 31.6 Å². The van der Waals surface area contributed by atoms with Gasteiger partial charge in [-0.15, -0.1) is 11.3 Å². The van der Waals surface area contributed by atoms with Crippen LogP contribution in [0.25, 0.3) is 5.65 Å². The average Bonchev–Trinajstić information content (AvgIpc) is 3.21. The summed E-state index contributed by atoms with van der Waals surface area (Å²) in [6.07, 6.45) is 3.19. The van der Waals surface area contributed by atoms with Crippen LogP contribution in [-0.4, -0.2) is 55.8 Å². The maximum absolute atomic E-state index is 5.37. The molecule has 0 aromatic carbocycles. The third kappa shape index (κ3) is 3.20. The molecular weight excluding hydrogens is 382 g/mol. The molecule has 0 aliphatic carbocycles. The van der Waals surface area contributed by atoms with Gasteiger partial charge < -0.3 is 10.1 Å². The predicted molar refractivity (Wildman–Crippen MR) is 90.0 cm³/mol. The molecule has 1 fully saturated rings. The van der Waals surface area contributed by atoms with E-state index in [1.165, 1.54) is 6.33 Å². The molecule has 120 valence electrons. The highest BCUT2D eigenvalue weighted by Gasteiger charge is 2.14. The van der Waals surface area contributed by atoms with Gasteiger partial charge >= 0.3 is 0 Å². The fraction of sp³-hybridized carbons (Fsp3) is 0.385. The number of morpholine rings is 1. The van der Waals surface area contributed by atoms with E-state index in [1.54, 1.807) is 22.0 Å². The lowest BCUT2D eigenvalue weighted by atomic mass is 10.4. The summed E-state index contributed by atoms with van der Waals surface area (Å²) in [5.41, 5.74) is 1.71. The first-order valence-corrected chi connectivity index (χ1v) is 8.82. The minimum Gasteiger partial charge on any atom is -0.379 e. The summed E-state index contributed by atoms with van der Waals surface area (Å²) >= 11 is 4.96. The van der Waals surface area contributed by atoms with Crippen molar-refractivity contribution in [3.05, 3.63) is 28.2 Å². The van der Waals surface area contributed by atoms with E-state index in [4.69, 9.17) is 4.74 Å². The van der Waals surface area contributed by atoms with Crippen molar-refractivity contribution in [2.24, 2.45) is 0 Å². The van der Waals surface area contributed by atoms with Gasteiger partial charge in [-0.25, -0.2) is 19.5 Å². The SMILES string of the molecule is Brc1cnc(Nc2nc(CN3CCOCC3)cs2)c2ncnn12. The summed E-state index contributed by atoms with van der Waals surface area (Å²) in [5, 5.41) is 10.2. The molecule has 4 rings (SSSR count). The van der Waals surface area contributed by atoms with Gasteiger partial charge in [0.1, 0.15) is 10.9 Å². The van der Waals surface area contributed by atoms with Crippen LogP contribution in [0.3, 0.4) is 0 Å². The van der Waals surface area contributed by atoms with Gasteiger partial charge in [0.15, 0.2) is 16.6 Å². The number of aromatic nitrogens is 5. The molecule has 1 N–H and O–H groups in total. The molecule has 8 nitrogen and oxygen atoms in total. The van der Waals surface area contributed by atoms with Crippen LogP contribution < -0.4 is 5.32 Å². The first-order chi connectivity index (χ1) is 11.3. The number of halogens is 1. The largest absolute Gasteiger partial charge is 0.379 e. The predicted octanol–water partition coefficient (Wildman–Crippen LogP) is 1.92. The zero-order chi connectivity index (χ0) is 15.6. The topological polar surface area (TPSA) is 80.5 Å². The monoisotopic (exact) mass is 395 g/mol. The van der Waals surface area contributed by atoms with Crippen LogP contribution >= 0.6 is 27.3 Å². The highest BCUT2D eigenvalue weighted by molar-refractivity contribution is 9.10. The second-order valence-electron chi connectivity index (χ2n) is 5.08. The van der Waals surface area contributed by atoms with Crippen molar-refractivity contribution in [1.82, 2.24) is 29.5 Å². The third-order valence-corrected chi connectivity index (χ3v) is 4.88. The lowest BCUT2D eigenvalue weighted by Gasteiger charge is -2.25. The zero-order valence-corrected chi connectivity index (χ0v) is 14.5. The number of nitrogens with zero attached hydrogens (tertiary/aromatic N) is 6. The molecule has 0 amide bonds. The standard InChI is InChI=1S/C13H14BrN7OS/c14-10-5-15-11(12-16-8-17-21(10)12)19-13-18-9(7-23-13)6-20-1-3-22-4-2-20/h5,7-8H,1-4,6H2,(H,15,18,19). The Balaban J connectivity index is 1.50. The van der Waals surface area contributed by atoms with Crippen molar-refractivity contribution >= 4 is 43.9 Å². The molecule has 0 atom stereocenters. The first-order valence-electron chi connectivity index (χ1n) is 7.15. The molecule has 23 heavy (non-hydrogen) atoms. The summed E-state index contributed by atoms with van der Waals surface area (Å²) in [4.78, 5) is 15.6. The van der Waals surface area contributed by atoms with Gasteiger partial charge in [0.05, 0.1) is 25.1 Å². The van der Waals surface area contributed by atoms with Crippen LogP contribution in [-0.2, 0) is 11.3 Å². The van der Waals surface area contributed by atoms with Crippen molar-refractivity contribution in [3.8, 4) is 0 Å². The number of rotatable bonds is 4. The Morgan fingerprint density at radius 3 is 3.04 bits per heavy atom. The zero-order valence-electron chi connectivity index (χ0n) is 12.1. The van der Waals surface area contributed by atoms with Crippen molar-refractivity contribution < 1.29 is 4.74 Å². The van der Waals surface area contributed by atoms with E-state index in [0.717, 1.165) is 48.3 Å². The summed E-state index contributed by atoms with van der Waals surface area (Å²) in [6, 6.07) is 0. The van der Waals surface area contributed by atoms with Crippen molar-refractivity contribution in [2.45, 2.75) is 6.54 Å². The Bertz CT molecular complexity index is 814. The normalized spacial score (nSPS) is 16.0. The molecule has 0 unspecified atom stereocenters. The Kier molecular flexibility index (Phi) is 4.21. The molecule has 1 saturated heterocycles. The molecule has 0 saturated carbocycles. The summed E-state index contributed by atoms with van der Waals surface area (Å²) in [5.74, 6) is 0.637. The highest BCUT2D eigenvalue weighted by Crippen LogP contribution is 2.24. The number of fused-ring (bicyclic) bond motifs is 1. The lowest BCUT2D eigenvalue weighted by molar-refractivity contribution is 0.0337. The van der Waals surface area contributed by atoms with E-state index in [9.17, 15) is 0 Å². The quantitative estimate of drug-likeness (QED) is 0.722. The lowest BCUT2D eigenvalue weighted by Crippen LogP contribution is -2.35. The number of thiazole rings is 1. The van der Waals surface area contributed by atoms with Gasteiger partial charge in [0, 0.05) is 25.0 Å². The van der Waals surface area contributed by atoms with Crippen molar-refractivity contribution in [1.29, 1.82) is 0 Å². The summed E-state index contributed by atoms with van der Waals surface area (Å²) in [6.45, 7) is 4.34.